The van der Waals surface area contributed by atoms with Gasteiger partial charge in [0.2, 0.25) is 0 Å². The monoisotopic (exact) mass is 276 g/mol. The molecule has 15 heavy (non-hydrogen) atoms. The first-order valence-electron chi connectivity index (χ1n) is 6.04. The van der Waals surface area contributed by atoms with Crippen LogP contribution in [0.2, 0.25) is 0 Å². The highest BCUT2D eigenvalue weighted by atomic mass is 79.9. The number of esters is 1. The van der Waals surface area contributed by atoms with Gasteiger partial charge >= 0.3 is 5.97 Å². The third-order valence-electron chi connectivity index (χ3n) is 3.11. The van der Waals surface area contributed by atoms with E-state index in [0.29, 0.717) is 6.61 Å². The van der Waals surface area contributed by atoms with Gasteiger partial charge in [-0.15, -0.1) is 0 Å². The number of hydrogen-bond acceptors (Lipinski definition) is 2. The number of carbonyl (C=O) groups is 1. The van der Waals surface area contributed by atoms with Crippen molar-refractivity contribution < 1.29 is 9.53 Å². The summed E-state index contributed by atoms with van der Waals surface area (Å²) in [5.41, 5.74) is 0. The number of rotatable bonds is 5. The van der Waals surface area contributed by atoms with Crippen molar-refractivity contribution in [1.82, 2.24) is 0 Å². The van der Waals surface area contributed by atoms with Gasteiger partial charge in [-0.2, -0.15) is 0 Å². The third kappa shape index (κ3) is 5.01. The minimum absolute atomic E-state index is 0.103. The second kappa shape index (κ2) is 7.26. The minimum atomic E-state index is -0.121. The van der Waals surface area contributed by atoms with E-state index in [-0.39, 0.29) is 10.8 Å². The zero-order valence-corrected chi connectivity index (χ0v) is 11.1. The van der Waals surface area contributed by atoms with E-state index in [0.717, 1.165) is 18.8 Å². The number of alkyl halides is 1. The highest BCUT2D eigenvalue weighted by Crippen LogP contribution is 2.26. The molecule has 0 saturated heterocycles. The van der Waals surface area contributed by atoms with Crippen LogP contribution in [0.3, 0.4) is 0 Å². The zero-order valence-electron chi connectivity index (χ0n) is 9.51. The molecule has 0 amide bonds. The summed E-state index contributed by atoms with van der Waals surface area (Å²) in [5.74, 6) is 0.690. The van der Waals surface area contributed by atoms with Crippen LogP contribution in [-0.2, 0) is 9.53 Å². The molecule has 0 spiro atoms. The van der Waals surface area contributed by atoms with Crippen molar-refractivity contribution in [2.75, 3.05) is 6.61 Å². The topological polar surface area (TPSA) is 26.3 Å². The lowest BCUT2D eigenvalue weighted by molar-refractivity contribution is -0.143. The van der Waals surface area contributed by atoms with E-state index in [1.165, 1.54) is 32.1 Å². The van der Waals surface area contributed by atoms with Crippen LogP contribution < -0.4 is 0 Å². The van der Waals surface area contributed by atoms with E-state index in [9.17, 15) is 4.79 Å². The molecule has 0 radical (unpaired) electrons. The number of halogens is 1. The van der Waals surface area contributed by atoms with Gasteiger partial charge in [-0.05, 0) is 18.8 Å². The zero-order chi connectivity index (χ0) is 11.1. The van der Waals surface area contributed by atoms with Gasteiger partial charge in [-0.3, -0.25) is 4.79 Å². The van der Waals surface area contributed by atoms with E-state index in [1.807, 2.05) is 6.92 Å². The lowest BCUT2D eigenvalue weighted by Gasteiger charge is -2.21. The van der Waals surface area contributed by atoms with Gasteiger partial charge in [0.25, 0.3) is 0 Å². The smallest absolute Gasteiger partial charge is 0.319 e. The quantitative estimate of drug-likeness (QED) is 0.566. The fraction of sp³-hybridized carbons (Fsp3) is 0.917. The van der Waals surface area contributed by atoms with Gasteiger partial charge in [-0.1, -0.05) is 55.0 Å². The normalized spacial score (nSPS) is 19.9. The Hall–Kier alpha value is -0.0500. The molecular weight excluding hydrogens is 256 g/mol. The van der Waals surface area contributed by atoms with Crippen LogP contribution in [0, 0.1) is 5.92 Å². The van der Waals surface area contributed by atoms with Gasteiger partial charge in [0, 0.05) is 0 Å². The van der Waals surface area contributed by atoms with E-state index in [4.69, 9.17) is 4.74 Å². The average molecular weight is 277 g/mol. The molecule has 3 heteroatoms. The van der Waals surface area contributed by atoms with Gasteiger partial charge < -0.3 is 4.74 Å². The maximum absolute atomic E-state index is 11.3. The Morgan fingerprint density at radius 2 is 2.07 bits per heavy atom. The van der Waals surface area contributed by atoms with Crippen LogP contribution in [-0.4, -0.2) is 17.4 Å². The van der Waals surface area contributed by atoms with E-state index in [1.54, 1.807) is 0 Å². The largest absolute Gasteiger partial charge is 0.465 e. The number of hydrogen-bond donors (Lipinski definition) is 0. The lowest BCUT2D eigenvalue weighted by Crippen LogP contribution is -2.18. The molecular formula is C12H21BrO2. The fourth-order valence-corrected chi connectivity index (χ4v) is 2.19. The summed E-state index contributed by atoms with van der Waals surface area (Å²) in [4.78, 5) is 11.2. The molecule has 0 aromatic rings. The maximum Gasteiger partial charge on any atom is 0.319 e. The van der Waals surface area contributed by atoms with Crippen molar-refractivity contribution in [1.29, 1.82) is 0 Å². The van der Waals surface area contributed by atoms with E-state index in [2.05, 4.69) is 15.9 Å². The Morgan fingerprint density at radius 3 is 2.67 bits per heavy atom. The molecule has 0 aromatic heterocycles. The van der Waals surface area contributed by atoms with Crippen LogP contribution in [0.1, 0.15) is 51.9 Å². The highest BCUT2D eigenvalue weighted by molar-refractivity contribution is 9.10. The molecule has 1 aliphatic rings. The Kier molecular flexibility index (Phi) is 6.30. The second-order valence-electron chi connectivity index (χ2n) is 4.34. The van der Waals surface area contributed by atoms with Gasteiger partial charge in [0.15, 0.2) is 0 Å². The van der Waals surface area contributed by atoms with Crippen LogP contribution in [0.25, 0.3) is 0 Å². The first-order valence-corrected chi connectivity index (χ1v) is 6.96. The van der Waals surface area contributed by atoms with E-state index < -0.39 is 0 Å². The molecule has 0 bridgehead atoms. The Bertz CT molecular complexity index is 188. The van der Waals surface area contributed by atoms with Crippen LogP contribution >= 0.6 is 15.9 Å². The summed E-state index contributed by atoms with van der Waals surface area (Å²) in [6, 6.07) is 0. The summed E-state index contributed by atoms with van der Waals surface area (Å²) < 4.78 is 5.21. The molecule has 1 rings (SSSR count). The molecule has 1 atom stereocenters. The fourth-order valence-electron chi connectivity index (χ4n) is 2.06. The van der Waals surface area contributed by atoms with E-state index >= 15 is 0 Å². The molecule has 0 heterocycles. The predicted octanol–water partition coefficient (Wildman–Crippen LogP) is 3.67. The van der Waals surface area contributed by atoms with Crippen molar-refractivity contribution in [3.8, 4) is 0 Å². The maximum atomic E-state index is 11.3. The molecule has 1 unspecified atom stereocenters. The molecule has 0 aliphatic heterocycles. The summed E-state index contributed by atoms with van der Waals surface area (Å²) in [6.07, 6.45) is 8.59. The Balaban J connectivity index is 2.07. The molecule has 1 fully saturated rings. The number of ether oxygens (including phenoxy) is 1. The van der Waals surface area contributed by atoms with Gasteiger partial charge in [-0.25, -0.2) is 0 Å². The second-order valence-corrected chi connectivity index (χ2v) is 5.44. The highest BCUT2D eigenvalue weighted by Gasteiger charge is 2.16. The first-order chi connectivity index (χ1) is 7.24. The third-order valence-corrected chi connectivity index (χ3v) is 4.13. The van der Waals surface area contributed by atoms with Crippen molar-refractivity contribution in [3.05, 3.63) is 0 Å². The van der Waals surface area contributed by atoms with Crippen molar-refractivity contribution in [2.45, 2.75) is 56.7 Å². The lowest BCUT2D eigenvalue weighted by atomic mass is 9.87. The molecule has 0 aromatic carbocycles. The summed E-state index contributed by atoms with van der Waals surface area (Å²) in [7, 11) is 0. The molecule has 0 N–H and O–H groups in total. The standard InChI is InChI=1S/C12H21BrO2/c1-2-11(13)12(14)15-9-8-10-6-4-3-5-7-10/h10-11H,2-9H2,1H3. The first kappa shape index (κ1) is 13.0. The van der Waals surface area contributed by atoms with Gasteiger partial charge in [0.05, 0.1) is 6.61 Å². The number of carbonyl (C=O) groups excluding carboxylic acids is 1. The van der Waals surface area contributed by atoms with Crippen LogP contribution in [0.5, 0.6) is 0 Å². The minimum Gasteiger partial charge on any atom is -0.465 e. The SMILES string of the molecule is CCC(Br)C(=O)OCCC1CCCCC1. The Labute approximate surface area is 101 Å². The summed E-state index contributed by atoms with van der Waals surface area (Å²) >= 11 is 3.29. The average Bonchev–Trinajstić information content (AvgIpc) is 2.29. The Morgan fingerprint density at radius 1 is 1.40 bits per heavy atom. The van der Waals surface area contributed by atoms with Crippen molar-refractivity contribution in [2.24, 2.45) is 5.92 Å². The van der Waals surface area contributed by atoms with Crippen LogP contribution in [0.4, 0.5) is 0 Å². The van der Waals surface area contributed by atoms with Crippen molar-refractivity contribution in [3.63, 3.8) is 0 Å². The summed E-state index contributed by atoms with van der Waals surface area (Å²) in [5, 5.41) is 0. The van der Waals surface area contributed by atoms with Crippen LogP contribution in [0.15, 0.2) is 0 Å². The van der Waals surface area contributed by atoms with Gasteiger partial charge in [0.1, 0.15) is 4.83 Å². The summed E-state index contributed by atoms with van der Waals surface area (Å²) in [6.45, 7) is 2.58. The molecule has 1 saturated carbocycles. The molecule has 88 valence electrons. The predicted molar refractivity (Wildman–Crippen MR) is 65.2 cm³/mol. The molecule has 2 nitrogen and oxygen atoms in total. The molecule has 1 aliphatic carbocycles. The van der Waals surface area contributed by atoms with Crippen molar-refractivity contribution >= 4 is 21.9 Å².